The maximum atomic E-state index is 13.3. The Morgan fingerprint density at radius 3 is 2.77 bits per heavy atom. The van der Waals surface area contributed by atoms with Crippen molar-refractivity contribution in [3.05, 3.63) is 53.6 Å². The Bertz CT molecular complexity index is 1780. The molecule has 8 nitrogen and oxygen atoms in total. The predicted octanol–water partition coefficient (Wildman–Crippen LogP) is 3.41. The van der Waals surface area contributed by atoms with Crippen LogP contribution in [-0.2, 0) is 17.0 Å². The summed E-state index contributed by atoms with van der Waals surface area (Å²) in [6.45, 7) is 2.39. The highest BCUT2D eigenvalue weighted by atomic mass is 16.6. The summed E-state index contributed by atoms with van der Waals surface area (Å²) in [6, 6.07) is 13.2. The van der Waals surface area contributed by atoms with E-state index in [4.69, 9.17) is 4.74 Å². The number of nitrogens with zero attached hydrogens (tertiary/aromatic N) is 2. The molecular formula is C27H24N4O4. The summed E-state index contributed by atoms with van der Waals surface area (Å²) in [4.78, 5) is 13.3. The number of ether oxygens (including phenoxy) is 1. The second-order valence-electron chi connectivity index (χ2n) is 10.1. The number of aromatic hydroxyl groups is 1. The van der Waals surface area contributed by atoms with Gasteiger partial charge in [-0.05, 0) is 43.8 Å². The molecule has 5 aromatic rings. The highest BCUT2D eigenvalue weighted by Crippen LogP contribution is 2.53. The fraction of sp³-hybridized carbons (Fsp3) is 0.296. The largest absolute Gasteiger partial charge is 0.508 e. The van der Waals surface area contributed by atoms with Crippen LogP contribution in [0.15, 0.2) is 42.5 Å². The summed E-state index contributed by atoms with van der Waals surface area (Å²) >= 11 is 0. The first-order chi connectivity index (χ1) is 16.9. The van der Waals surface area contributed by atoms with E-state index in [0.717, 1.165) is 49.2 Å². The number of carbonyl (C=O) groups is 1. The Hall–Kier alpha value is -3.59. The average molecular weight is 469 g/mol. The number of para-hydroxylation sites is 1. The molecule has 0 spiro atoms. The third-order valence-electron chi connectivity index (χ3n) is 8.45. The van der Waals surface area contributed by atoms with E-state index in [1.807, 2.05) is 32.2 Å². The molecule has 4 atom stereocenters. The summed E-state index contributed by atoms with van der Waals surface area (Å²) < 4.78 is 11.2. The minimum absolute atomic E-state index is 0.103. The molecule has 4 unspecified atom stereocenters. The van der Waals surface area contributed by atoms with Crippen LogP contribution in [0.4, 0.5) is 0 Å². The molecule has 0 radical (unpaired) electrons. The number of phenolic OH excluding ortho intramolecular Hbond substituents is 1. The van der Waals surface area contributed by atoms with E-state index in [1.165, 1.54) is 0 Å². The van der Waals surface area contributed by atoms with Crippen molar-refractivity contribution in [2.24, 2.45) is 0 Å². The van der Waals surface area contributed by atoms with Gasteiger partial charge < -0.3 is 34.7 Å². The topological polar surface area (TPSA) is 101 Å². The fourth-order valence-corrected chi connectivity index (χ4v) is 7.01. The Balaban J connectivity index is 1.74. The van der Waals surface area contributed by atoms with Gasteiger partial charge in [0.15, 0.2) is 5.72 Å². The molecule has 0 aliphatic carbocycles. The Kier molecular flexibility index (Phi) is 3.46. The molecule has 8 rings (SSSR count). The number of carbonyl (C=O) groups excluding carboxylic acids is 1. The van der Waals surface area contributed by atoms with Crippen LogP contribution in [0.2, 0.25) is 0 Å². The third kappa shape index (κ3) is 2.09. The number of benzene rings is 3. The number of rotatable bonds is 1. The summed E-state index contributed by atoms with van der Waals surface area (Å²) in [6.07, 6.45) is -0.624. The van der Waals surface area contributed by atoms with E-state index in [-0.39, 0.29) is 23.9 Å². The van der Waals surface area contributed by atoms with Gasteiger partial charge in [-0.25, -0.2) is 0 Å². The molecule has 0 saturated carbocycles. The molecular weight excluding hydrogens is 444 g/mol. The Labute approximate surface area is 199 Å². The predicted molar refractivity (Wildman–Crippen MR) is 133 cm³/mol. The molecule has 2 bridgehead atoms. The number of hydrogen-bond acceptors (Lipinski definition) is 5. The highest BCUT2D eigenvalue weighted by Gasteiger charge is 2.52. The van der Waals surface area contributed by atoms with E-state index in [1.54, 1.807) is 12.1 Å². The number of phenols is 1. The van der Waals surface area contributed by atoms with Crippen LogP contribution in [-0.4, -0.2) is 44.4 Å². The minimum atomic E-state index is -1.04. The molecule has 3 aliphatic heterocycles. The minimum Gasteiger partial charge on any atom is -0.508 e. The number of fused-ring (bicyclic) bond motifs is 13. The van der Waals surface area contributed by atoms with Crippen LogP contribution in [0.1, 0.15) is 35.5 Å². The number of hydrogen-bond donors (Lipinski definition) is 4. The first-order valence-electron chi connectivity index (χ1n) is 12.0. The number of nitrogens with one attached hydrogen (secondary N) is 2. The maximum Gasteiger partial charge on any atom is 0.252 e. The molecule has 3 aliphatic rings. The standard InChI is InChI=1S/C27H24N4O4/c1-27-25(33)16(28-2)10-19(35-27)30-17-8-7-12(32)9-14(17)21-22-15(11-29-26(22)34)20-13-5-3-4-6-18(13)31(27)24(20)23(21)30/h3-9,16,19,25,28,32-33H,10-11H2,1-2H3,(H,29,34). The molecule has 1 fully saturated rings. The Morgan fingerprint density at radius 2 is 1.94 bits per heavy atom. The molecule has 2 aromatic heterocycles. The zero-order chi connectivity index (χ0) is 23.8. The van der Waals surface area contributed by atoms with Crippen molar-refractivity contribution in [1.82, 2.24) is 19.8 Å². The van der Waals surface area contributed by atoms with Crippen molar-refractivity contribution in [2.75, 3.05) is 7.05 Å². The van der Waals surface area contributed by atoms with E-state index in [2.05, 4.69) is 31.9 Å². The molecule has 5 heterocycles. The SMILES string of the molecule is CNC1CC2OC(C)(C1O)n1c3ccccc3c3c4c(c5c6cc(O)ccc6n2c5c31)C(=O)NC4. The normalized spacial score (nSPS) is 27.3. The van der Waals surface area contributed by atoms with Crippen LogP contribution in [0.25, 0.3) is 43.6 Å². The molecule has 1 amide bonds. The van der Waals surface area contributed by atoms with Crippen molar-refractivity contribution >= 4 is 49.5 Å². The van der Waals surface area contributed by atoms with E-state index in [9.17, 15) is 15.0 Å². The van der Waals surface area contributed by atoms with Gasteiger partial charge in [-0.15, -0.1) is 0 Å². The molecule has 35 heavy (non-hydrogen) atoms. The first-order valence-corrected chi connectivity index (χ1v) is 12.0. The van der Waals surface area contributed by atoms with E-state index >= 15 is 0 Å². The van der Waals surface area contributed by atoms with E-state index < -0.39 is 11.8 Å². The lowest BCUT2D eigenvalue weighted by Gasteiger charge is -2.46. The zero-order valence-corrected chi connectivity index (χ0v) is 19.3. The summed E-state index contributed by atoms with van der Waals surface area (Å²) in [5.41, 5.74) is 4.28. The lowest BCUT2D eigenvalue weighted by Crippen LogP contribution is -2.58. The zero-order valence-electron chi connectivity index (χ0n) is 19.3. The smallest absolute Gasteiger partial charge is 0.252 e. The summed E-state index contributed by atoms with van der Waals surface area (Å²) in [7, 11) is 1.87. The molecule has 1 saturated heterocycles. The molecule has 3 aromatic carbocycles. The lowest BCUT2D eigenvalue weighted by molar-refractivity contribution is -0.249. The van der Waals surface area contributed by atoms with Crippen molar-refractivity contribution < 1.29 is 19.7 Å². The quantitative estimate of drug-likeness (QED) is 0.302. The number of aromatic nitrogens is 2. The van der Waals surface area contributed by atoms with Crippen molar-refractivity contribution in [2.45, 2.75) is 44.0 Å². The highest BCUT2D eigenvalue weighted by molar-refractivity contribution is 6.31. The van der Waals surface area contributed by atoms with Gasteiger partial charge in [-0.2, -0.15) is 0 Å². The molecule has 176 valence electrons. The molecule has 4 N–H and O–H groups in total. The van der Waals surface area contributed by atoms with Gasteiger partial charge in [0, 0.05) is 40.6 Å². The van der Waals surface area contributed by atoms with Gasteiger partial charge in [-0.1, -0.05) is 18.2 Å². The number of amides is 1. The monoisotopic (exact) mass is 468 g/mol. The van der Waals surface area contributed by atoms with Gasteiger partial charge in [0.2, 0.25) is 0 Å². The summed E-state index contributed by atoms with van der Waals surface area (Å²) in [5, 5.41) is 32.1. The van der Waals surface area contributed by atoms with E-state index in [0.29, 0.717) is 18.5 Å². The maximum absolute atomic E-state index is 13.3. The second-order valence-corrected chi connectivity index (χ2v) is 10.1. The molecule has 8 heteroatoms. The van der Waals surface area contributed by atoms with Crippen molar-refractivity contribution in [3.8, 4) is 5.75 Å². The van der Waals surface area contributed by atoms with Crippen molar-refractivity contribution in [3.63, 3.8) is 0 Å². The van der Waals surface area contributed by atoms with Gasteiger partial charge in [0.05, 0.1) is 27.6 Å². The van der Waals surface area contributed by atoms with Gasteiger partial charge >= 0.3 is 0 Å². The van der Waals surface area contributed by atoms with Gasteiger partial charge in [0.25, 0.3) is 5.91 Å². The van der Waals surface area contributed by atoms with Crippen LogP contribution in [0.5, 0.6) is 5.75 Å². The average Bonchev–Trinajstić information content (AvgIpc) is 3.48. The van der Waals surface area contributed by atoms with Crippen LogP contribution in [0, 0.1) is 0 Å². The van der Waals surface area contributed by atoms with Crippen LogP contribution >= 0.6 is 0 Å². The first kappa shape index (κ1) is 19.7. The Morgan fingerprint density at radius 1 is 1.11 bits per heavy atom. The van der Waals surface area contributed by atoms with Crippen LogP contribution in [0.3, 0.4) is 0 Å². The van der Waals surface area contributed by atoms with Crippen molar-refractivity contribution in [1.29, 1.82) is 0 Å². The van der Waals surface area contributed by atoms with Gasteiger partial charge in [-0.3, -0.25) is 4.79 Å². The fourth-order valence-electron chi connectivity index (χ4n) is 7.01. The third-order valence-corrected chi connectivity index (χ3v) is 8.45. The number of aliphatic hydroxyl groups excluding tert-OH is 1. The van der Waals surface area contributed by atoms with Gasteiger partial charge in [0.1, 0.15) is 18.1 Å². The second kappa shape index (κ2) is 6.15. The number of likely N-dealkylation sites (N-methyl/N-ethyl adjacent to an activating group) is 1. The summed E-state index contributed by atoms with van der Waals surface area (Å²) in [5.74, 6) is 0.0490. The van der Waals surface area contributed by atoms with Crippen LogP contribution < -0.4 is 10.6 Å². The lowest BCUT2D eigenvalue weighted by atomic mass is 9.93. The number of aliphatic hydroxyl groups is 1.